The second kappa shape index (κ2) is 7.89. The molecule has 2 heterocycles. The Hall–Kier alpha value is -1.18. The number of piperidine rings is 1. The first kappa shape index (κ1) is 17.2. The number of carbonyl (C=O) groups excluding carboxylic acids is 2. The van der Waals surface area contributed by atoms with E-state index in [1.165, 1.54) is 0 Å². The van der Waals surface area contributed by atoms with E-state index >= 15 is 0 Å². The summed E-state index contributed by atoms with van der Waals surface area (Å²) in [6.45, 7) is 4.10. The zero-order valence-corrected chi connectivity index (χ0v) is 13.3. The van der Waals surface area contributed by atoms with Crippen LogP contribution in [0.2, 0.25) is 0 Å². The molecule has 2 fully saturated rings. The lowest BCUT2D eigenvalue weighted by atomic mass is 9.88. The summed E-state index contributed by atoms with van der Waals surface area (Å²) in [4.78, 5) is 27.5. The summed E-state index contributed by atoms with van der Waals surface area (Å²) in [7, 11) is 1.60. The number of nitrogens with zero attached hydrogens (tertiary/aromatic N) is 2. The van der Waals surface area contributed by atoms with Crippen molar-refractivity contribution in [1.29, 1.82) is 0 Å². The molecule has 22 heavy (non-hydrogen) atoms. The third-order valence-corrected chi connectivity index (χ3v) is 4.45. The molecule has 2 rings (SSSR count). The average molecular weight is 313 g/mol. The Morgan fingerprint density at radius 1 is 1.27 bits per heavy atom. The highest BCUT2D eigenvalue weighted by atomic mass is 16.5. The van der Waals surface area contributed by atoms with E-state index in [4.69, 9.17) is 4.74 Å². The van der Waals surface area contributed by atoms with Crippen LogP contribution in [-0.4, -0.2) is 85.3 Å². The number of hydrogen-bond donors (Lipinski definition) is 2. The summed E-state index contributed by atoms with van der Waals surface area (Å²) in [5.74, 6) is 0.0359. The van der Waals surface area contributed by atoms with Crippen molar-refractivity contribution in [2.45, 2.75) is 31.3 Å². The molecule has 2 amide bonds. The van der Waals surface area contributed by atoms with Crippen LogP contribution in [0.15, 0.2) is 0 Å². The monoisotopic (exact) mass is 313 g/mol. The Kier molecular flexibility index (Phi) is 6.16. The number of amides is 2. The van der Waals surface area contributed by atoms with Crippen molar-refractivity contribution >= 4 is 11.8 Å². The maximum absolute atomic E-state index is 12.3. The molecule has 0 saturated carbocycles. The Morgan fingerprint density at radius 2 is 2.00 bits per heavy atom. The number of carbonyl (C=O) groups is 2. The van der Waals surface area contributed by atoms with E-state index in [2.05, 4.69) is 5.32 Å². The Balaban J connectivity index is 1.81. The third kappa shape index (κ3) is 4.93. The number of hydrogen-bond acceptors (Lipinski definition) is 5. The van der Waals surface area contributed by atoms with Crippen molar-refractivity contribution in [1.82, 2.24) is 15.1 Å². The van der Waals surface area contributed by atoms with Gasteiger partial charge in [0.05, 0.1) is 25.4 Å². The predicted octanol–water partition coefficient (Wildman–Crippen LogP) is -0.802. The summed E-state index contributed by atoms with van der Waals surface area (Å²) < 4.78 is 5.25. The number of morpholine rings is 1. The summed E-state index contributed by atoms with van der Waals surface area (Å²) in [6, 6.07) is 0. The minimum Gasteiger partial charge on any atom is -0.389 e. The maximum Gasteiger partial charge on any atom is 0.236 e. The quantitative estimate of drug-likeness (QED) is 0.694. The van der Waals surface area contributed by atoms with E-state index in [1.54, 1.807) is 7.05 Å². The molecule has 7 heteroatoms. The lowest BCUT2D eigenvalue weighted by Gasteiger charge is -2.39. The average Bonchev–Trinajstić information content (AvgIpc) is 2.53. The van der Waals surface area contributed by atoms with Crippen LogP contribution in [0.25, 0.3) is 0 Å². The van der Waals surface area contributed by atoms with Crippen LogP contribution in [-0.2, 0) is 14.3 Å². The van der Waals surface area contributed by atoms with Gasteiger partial charge in [0.25, 0.3) is 0 Å². The topological polar surface area (TPSA) is 82.1 Å². The van der Waals surface area contributed by atoms with Gasteiger partial charge in [-0.1, -0.05) is 0 Å². The largest absolute Gasteiger partial charge is 0.389 e. The van der Waals surface area contributed by atoms with Gasteiger partial charge in [0.1, 0.15) is 0 Å². The minimum atomic E-state index is -0.865. The molecule has 0 unspecified atom stereocenters. The van der Waals surface area contributed by atoms with E-state index in [1.807, 2.05) is 9.80 Å². The number of rotatable bonds is 5. The zero-order chi connectivity index (χ0) is 16.0. The van der Waals surface area contributed by atoms with Gasteiger partial charge in [-0.2, -0.15) is 0 Å². The normalized spacial score (nSPS) is 26.7. The van der Waals surface area contributed by atoms with Crippen LogP contribution in [0.3, 0.4) is 0 Å². The number of ether oxygens (including phenoxy) is 1. The number of nitrogens with one attached hydrogen (secondary N) is 1. The van der Waals surface area contributed by atoms with Crippen LogP contribution in [0.5, 0.6) is 0 Å². The molecular weight excluding hydrogens is 286 g/mol. The zero-order valence-electron chi connectivity index (χ0n) is 13.3. The maximum atomic E-state index is 12.3. The number of aliphatic hydroxyl groups is 1. The van der Waals surface area contributed by atoms with Gasteiger partial charge >= 0.3 is 0 Å². The molecular formula is C15H27N3O4. The lowest BCUT2D eigenvalue weighted by Crippen LogP contribution is -2.52. The molecule has 2 saturated heterocycles. The summed E-state index contributed by atoms with van der Waals surface area (Å²) in [6.07, 6.45) is 2.29. The van der Waals surface area contributed by atoms with Gasteiger partial charge in [-0.15, -0.1) is 0 Å². The highest BCUT2D eigenvalue weighted by Crippen LogP contribution is 2.25. The second-order valence-electron chi connectivity index (χ2n) is 6.20. The summed E-state index contributed by atoms with van der Waals surface area (Å²) >= 11 is 0. The minimum absolute atomic E-state index is 0.0602. The van der Waals surface area contributed by atoms with E-state index in [0.717, 1.165) is 13.0 Å². The van der Waals surface area contributed by atoms with Crippen molar-refractivity contribution < 1.29 is 19.4 Å². The second-order valence-corrected chi connectivity index (χ2v) is 6.20. The Bertz CT molecular complexity index is 398. The van der Waals surface area contributed by atoms with Gasteiger partial charge in [-0.05, 0) is 25.8 Å². The van der Waals surface area contributed by atoms with E-state index in [9.17, 15) is 14.7 Å². The Morgan fingerprint density at radius 3 is 2.68 bits per heavy atom. The molecule has 2 aliphatic rings. The highest BCUT2D eigenvalue weighted by molar-refractivity contribution is 5.78. The molecule has 2 N–H and O–H groups in total. The standard InChI is InChI=1S/C15H27N3O4/c1-16-13(19)3-5-15(21)4-2-6-17(12-15)11-14(20)18-7-9-22-10-8-18/h21H,2-12H2,1H3,(H,16,19)/t15-/m0/s1. The van der Waals surface area contributed by atoms with E-state index in [0.29, 0.717) is 58.7 Å². The smallest absolute Gasteiger partial charge is 0.236 e. The fourth-order valence-corrected chi connectivity index (χ4v) is 3.12. The Labute approximate surface area is 131 Å². The first-order valence-corrected chi connectivity index (χ1v) is 8.03. The SMILES string of the molecule is CNC(=O)CC[C@@]1(O)CCCN(CC(=O)N2CCOCC2)C1. The fourth-order valence-electron chi connectivity index (χ4n) is 3.12. The van der Waals surface area contributed by atoms with Crippen LogP contribution >= 0.6 is 0 Å². The molecule has 0 aromatic rings. The van der Waals surface area contributed by atoms with Crippen molar-refractivity contribution in [2.24, 2.45) is 0 Å². The number of β-amino-alcohol motifs (C(OH)–C–C–N with tert-alkyl or cyclic N) is 1. The molecule has 2 aliphatic heterocycles. The molecule has 1 atom stereocenters. The van der Waals surface area contributed by atoms with Crippen molar-refractivity contribution in [2.75, 3.05) is 53.0 Å². The van der Waals surface area contributed by atoms with Gasteiger partial charge in [0.15, 0.2) is 0 Å². The summed E-state index contributed by atoms with van der Waals surface area (Å²) in [5.41, 5.74) is -0.865. The van der Waals surface area contributed by atoms with Crippen molar-refractivity contribution in [3.8, 4) is 0 Å². The lowest BCUT2D eigenvalue weighted by molar-refractivity contribution is -0.138. The molecule has 0 aromatic carbocycles. The first-order chi connectivity index (χ1) is 10.5. The molecule has 0 radical (unpaired) electrons. The van der Waals surface area contributed by atoms with Crippen molar-refractivity contribution in [3.63, 3.8) is 0 Å². The molecule has 0 spiro atoms. The molecule has 126 valence electrons. The highest BCUT2D eigenvalue weighted by Gasteiger charge is 2.34. The van der Waals surface area contributed by atoms with Crippen LogP contribution in [0.1, 0.15) is 25.7 Å². The predicted molar refractivity (Wildman–Crippen MR) is 81.3 cm³/mol. The van der Waals surface area contributed by atoms with Gasteiger partial charge < -0.3 is 20.1 Å². The van der Waals surface area contributed by atoms with Crippen LogP contribution < -0.4 is 5.32 Å². The molecule has 0 aliphatic carbocycles. The van der Waals surface area contributed by atoms with Gasteiger partial charge in [0.2, 0.25) is 11.8 Å². The molecule has 0 aromatic heterocycles. The van der Waals surface area contributed by atoms with Crippen LogP contribution in [0.4, 0.5) is 0 Å². The molecule has 7 nitrogen and oxygen atoms in total. The van der Waals surface area contributed by atoms with Crippen LogP contribution in [0, 0.1) is 0 Å². The fraction of sp³-hybridized carbons (Fsp3) is 0.867. The van der Waals surface area contributed by atoms with Crippen molar-refractivity contribution in [3.05, 3.63) is 0 Å². The first-order valence-electron chi connectivity index (χ1n) is 8.03. The summed E-state index contributed by atoms with van der Waals surface area (Å²) in [5, 5.41) is 13.2. The van der Waals surface area contributed by atoms with E-state index < -0.39 is 5.60 Å². The molecule has 0 bridgehead atoms. The third-order valence-electron chi connectivity index (χ3n) is 4.45. The van der Waals surface area contributed by atoms with Gasteiger partial charge in [-0.25, -0.2) is 0 Å². The van der Waals surface area contributed by atoms with Gasteiger partial charge in [-0.3, -0.25) is 14.5 Å². The van der Waals surface area contributed by atoms with Gasteiger partial charge in [0, 0.05) is 33.1 Å². The van der Waals surface area contributed by atoms with E-state index in [-0.39, 0.29) is 11.8 Å². The number of likely N-dealkylation sites (tertiary alicyclic amines) is 1.